The monoisotopic (exact) mass is 298 g/mol. The van der Waals surface area contributed by atoms with E-state index in [2.05, 4.69) is 41.7 Å². The molecule has 1 aliphatic carbocycles. The van der Waals surface area contributed by atoms with Crippen LogP contribution in [0.4, 0.5) is 0 Å². The Balaban J connectivity index is 2.69. The highest BCUT2D eigenvalue weighted by atomic mass is 15.2. The maximum Gasteiger partial charge on any atom is 0.0444 e. The number of nitrogens with zero attached hydrogens (tertiary/aromatic N) is 1. The van der Waals surface area contributed by atoms with Crippen LogP contribution in [-0.2, 0) is 0 Å². The maximum atomic E-state index is 3.64. The lowest BCUT2D eigenvalue weighted by atomic mass is 9.89. The zero-order valence-electron chi connectivity index (χ0n) is 14.8. The zero-order chi connectivity index (χ0) is 15.6. The van der Waals surface area contributed by atoms with Crippen LogP contribution in [0.3, 0.4) is 0 Å². The molecule has 126 valence electrons. The van der Waals surface area contributed by atoms with Crippen LogP contribution in [-0.4, -0.2) is 63.3 Å². The molecule has 1 rings (SSSR count). The quantitative estimate of drug-likeness (QED) is 0.544. The first-order valence-corrected chi connectivity index (χ1v) is 8.99. The molecule has 0 spiro atoms. The second kappa shape index (κ2) is 10.5. The summed E-state index contributed by atoms with van der Waals surface area (Å²) in [4.78, 5) is 2.72. The van der Waals surface area contributed by atoms with Crippen molar-refractivity contribution in [3.8, 4) is 0 Å². The summed E-state index contributed by atoms with van der Waals surface area (Å²) in [7, 11) is 4.17. The lowest BCUT2D eigenvalue weighted by Crippen LogP contribution is -2.60. The SMILES string of the molecule is CCNCC(CCNC)(CN(CC)C1CCCCC1)NC. The molecule has 4 nitrogen and oxygen atoms in total. The topological polar surface area (TPSA) is 39.3 Å². The van der Waals surface area contributed by atoms with E-state index in [1.165, 1.54) is 38.6 Å². The molecule has 1 atom stereocenters. The van der Waals surface area contributed by atoms with Gasteiger partial charge in [-0.05, 0) is 53.0 Å². The van der Waals surface area contributed by atoms with Gasteiger partial charge in [0.1, 0.15) is 0 Å². The minimum Gasteiger partial charge on any atom is -0.320 e. The molecule has 1 unspecified atom stereocenters. The second-order valence-corrected chi connectivity index (χ2v) is 6.52. The number of likely N-dealkylation sites (N-methyl/N-ethyl adjacent to an activating group) is 3. The minimum atomic E-state index is 0.173. The highest BCUT2D eigenvalue weighted by molar-refractivity contribution is 4.94. The number of hydrogen-bond donors (Lipinski definition) is 3. The van der Waals surface area contributed by atoms with E-state index >= 15 is 0 Å². The Hall–Kier alpha value is -0.160. The first-order valence-electron chi connectivity index (χ1n) is 8.99. The summed E-state index contributed by atoms with van der Waals surface area (Å²) in [5, 5.41) is 10.5. The van der Waals surface area contributed by atoms with Crippen molar-refractivity contribution in [1.82, 2.24) is 20.9 Å². The van der Waals surface area contributed by atoms with Gasteiger partial charge < -0.3 is 16.0 Å². The van der Waals surface area contributed by atoms with Gasteiger partial charge in [-0.2, -0.15) is 0 Å². The van der Waals surface area contributed by atoms with E-state index < -0.39 is 0 Å². The average molecular weight is 299 g/mol. The van der Waals surface area contributed by atoms with Gasteiger partial charge in [0.05, 0.1) is 0 Å². The van der Waals surface area contributed by atoms with Crippen molar-refractivity contribution in [3.63, 3.8) is 0 Å². The number of rotatable bonds is 11. The van der Waals surface area contributed by atoms with E-state index in [4.69, 9.17) is 0 Å². The molecule has 3 N–H and O–H groups in total. The Labute approximate surface area is 132 Å². The highest BCUT2D eigenvalue weighted by Crippen LogP contribution is 2.24. The van der Waals surface area contributed by atoms with Crippen molar-refractivity contribution in [1.29, 1.82) is 0 Å². The van der Waals surface area contributed by atoms with Gasteiger partial charge >= 0.3 is 0 Å². The first-order chi connectivity index (χ1) is 10.2. The van der Waals surface area contributed by atoms with Gasteiger partial charge in [-0.25, -0.2) is 0 Å². The normalized spacial score (nSPS) is 19.9. The van der Waals surface area contributed by atoms with E-state index in [0.717, 1.165) is 38.6 Å². The third-order valence-electron chi connectivity index (χ3n) is 5.10. The Morgan fingerprint density at radius 3 is 2.33 bits per heavy atom. The summed E-state index contributed by atoms with van der Waals surface area (Å²) >= 11 is 0. The number of nitrogens with one attached hydrogen (secondary N) is 3. The molecule has 0 aliphatic heterocycles. The Morgan fingerprint density at radius 2 is 1.81 bits per heavy atom. The molecule has 1 saturated carbocycles. The van der Waals surface area contributed by atoms with Crippen LogP contribution >= 0.6 is 0 Å². The Kier molecular flexibility index (Phi) is 9.49. The summed E-state index contributed by atoms with van der Waals surface area (Å²) in [6.07, 6.45) is 8.20. The Morgan fingerprint density at radius 1 is 1.10 bits per heavy atom. The van der Waals surface area contributed by atoms with Crippen LogP contribution in [0.1, 0.15) is 52.4 Å². The molecule has 4 heteroatoms. The zero-order valence-corrected chi connectivity index (χ0v) is 14.8. The summed E-state index contributed by atoms with van der Waals surface area (Å²) in [6.45, 7) is 9.98. The van der Waals surface area contributed by atoms with Crippen molar-refractivity contribution < 1.29 is 0 Å². The van der Waals surface area contributed by atoms with Crippen molar-refractivity contribution in [2.24, 2.45) is 0 Å². The van der Waals surface area contributed by atoms with E-state index in [1.54, 1.807) is 0 Å². The molecule has 21 heavy (non-hydrogen) atoms. The molecule has 0 bridgehead atoms. The van der Waals surface area contributed by atoms with E-state index in [0.29, 0.717) is 0 Å². The lowest BCUT2D eigenvalue weighted by molar-refractivity contribution is 0.111. The van der Waals surface area contributed by atoms with Crippen LogP contribution in [0.25, 0.3) is 0 Å². The van der Waals surface area contributed by atoms with Crippen LogP contribution in [0, 0.1) is 0 Å². The van der Waals surface area contributed by atoms with Crippen molar-refractivity contribution >= 4 is 0 Å². The molecule has 0 aromatic rings. The second-order valence-electron chi connectivity index (χ2n) is 6.52. The standard InChI is InChI=1S/C17H38N4/c1-5-20-14-17(19-4,12-13-18-3)15-21(6-2)16-10-8-7-9-11-16/h16,18-20H,5-15H2,1-4H3. The third kappa shape index (κ3) is 6.23. The molecule has 1 fully saturated rings. The van der Waals surface area contributed by atoms with Crippen LogP contribution in [0.5, 0.6) is 0 Å². The average Bonchev–Trinajstić information content (AvgIpc) is 2.55. The molecule has 0 radical (unpaired) electrons. The van der Waals surface area contributed by atoms with Gasteiger partial charge in [0, 0.05) is 24.7 Å². The van der Waals surface area contributed by atoms with Crippen LogP contribution < -0.4 is 16.0 Å². The fourth-order valence-corrected chi connectivity index (χ4v) is 3.58. The first kappa shape index (κ1) is 18.9. The molecule has 0 heterocycles. The lowest BCUT2D eigenvalue weighted by Gasteiger charge is -2.42. The smallest absolute Gasteiger partial charge is 0.0444 e. The Bertz CT molecular complexity index is 243. The fraction of sp³-hybridized carbons (Fsp3) is 1.00. The summed E-state index contributed by atoms with van der Waals surface area (Å²) in [5.41, 5.74) is 0.173. The van der Waals surface area contributed by atoms with Crippen molar-refractivity contribution in [2.75, 3.05) is 46.8 Å². The fourth-order valence-electron chi connectivity index (χ4n) is 3.58. The molecular weight excluding hydrogens is 260 g/mol. The van der Waals surface area contributed by atoms with E-state index in [9.17, 15) is 0 Å². The van der Waals surface area contributed by atoms with Gasteiger partial charge in [-0.15, -0.1) is 0 Å². The van der Waals surface area contributed by atoms with E-state index in [-0.39, 0.29) is 5.54 Å². The van der Waals surface area contributed by atoms with Gasteiger partial charge in [-0.1, -0.05) is 33.1 Å². The summed E-state index contributed by atoms with van der Waals surface area (Å²) in [6, 6.07) is 0.799. The van der Waals surface area contributed by atoms with Gasteiger partial charge in [0.15, 0.2) is 0 Å². The minimum absolute atomic E-state index is 0.173. The summed E-state index contributed by atoms with van der Waals surface area (Å²) < 4.78 is 0. The predicted octanol–water partition coefficient (Wildman–Crippen LogP) is 1.82. The number of hydrogen-bond acceptors (Lipinski definition) is 4. The summed E-state index contributed by atoms with van der Waals surface area (Å²) in [5.74, 6) is 0. The highest BCUT2D eigenvalue weighted by Gasteiger charge is 2.32. The largest absolute Gasteiger partial charge is 0.320 e. The third-order valence-corrected chi connectivity index (χ3v) is 5.10. The van der Waals surface area contributed by atoms with Gasteiger partial charge in [-0.3, -0.25) is 4.90 Å². The predicted molar refractivity (Wildman–Crippen MR) is 93.0 cm³/mol. The van der Waals surface area contributed by atoms with E-state index in [1.807, 2.05) is 7.05 Å². The van der Waals surface area contributed by atoms with Gasteiger partial charge in [0.25, 0.3) is 0 Å². The van der Waals surface area contributed by atoms with Crippen LogP contribution in [0.2, 0.25) is 0 Å². The molecule has 1 aliphatic rings. The molecule has 0 amide bonds. The van der Waals surface area contributed by atoms with Gasteiger partial charge in [0.2, 0.25) is 0 Å². The molecular formula is C17H38N4. The van der Waals surface area contributed by atoms with Crippen LogP contribution in [0.15, 0.2) is 0 Å². The van der Waals surface area contributed by atoms with Crippen molar-refractivity contribution in [3.05, 3.63) is 0 Å². The van der Waals surface area contributed by atoms with Crippen molar-refractivity contribution in [2.45, 2.75) is 64.0 Å². The molecule has 0 saturated heterocycles. The molecule has 0 aromatic carbocycles. The molecule has 0 aromatic heterocycles. The maximum absolute atomic E-state index is 3.64.